The highest BCUT2D eigenvalue weighted by Crippen LogP contribution is 2.39. The summed E-state index contributed by atoms with van der Waals surface area (Å²) in [5, 5.41) is 0. The minimum atomic E-state index is 0.246. The minimum Gasteiger partial charge on any atom is -0.379 e. The molecular weight excluding hydrogens is 222 g/mol. The van der Waals surface area contributed by atoms with Crippen LogP contribution in [0.2, 0.25) is 0 Å². The lowest BCUT2D eigenvalue weighted by Crippen LogP contribution is -2.48. The predicted molar refractivity (Wildman–Crippen MR) is 73.8 cm³/mol. The Bertz CT molecular complexity index is 437. The van der Waals surface area contributed by atoms with Crippen LogP contribution in [0.15, 0.2) is 18.2 Å². The Balaban J connectivity index is 1.87. The normalized spacial score (nSPS) is 22.3. The molecule has 0 radical (unpaired) electrons. The van der Waals surface area contributed by atoms with E-state index in [2.05, 4.69) is 25.1 Å². The van der Waals surface area contributed by atoms with Crippen molar-refractivity contribution in [2.24, 2.45) is 11.7 Å². The Morgan fingerprint density at radius 3 is 2.72 bits per heavy atom. The molecule has 0 aromatic heterocycles. The molecule has 1 aromatic rings. The van der Waals surface area contributed by atoms with Crippen LogP contribution in [0.5, 0.6) is 0 Å². The Kier molecular flexibility index (Phi) is 3.16. The van der Waals surface area contributed by atoms with Gasteiger partial charge in [0.2, 0.25) is 0 Å². The van der Waals surface area contributed by atoms with Crippen molar-refractivity contribution in [3.05, 3.63) is 34.9 Å². The van der Waals surface area contributed by atoms with Crippen molar-refractivity contribution >= 4 is 0 Å². The van der Waals surface area contributed by atoms with Gasteiger partial charge in [-0.1, -0.05) is 25.1 Å². The molecule has 0 bridgehead atoms. The fourth-order valence-electron chi connectivity index (χ4n) is 3.40. The molecule has 2 N–H and O–H groups in total. The van der Waals surface area contributed by atoms with Gasteiger partial charge in [0.1, 0.15) is 0 Å². The number of benzene rings is 1. The zero-order valence-corrected chi connectivity index (χ0v) is 11.2. The smallest absolute Gasteiger partial charge is 0.0585 e. The van der Waals surface area contributed by atoms with Crippen molar-refractivity contribution in [2.45, 2.75) is 38.0 Å². The summed E-state index contributed by atoms with van der Waals surface area (Å²) in [6.45, 7) is 4.76. The lowest BCUT2D eigenvalue weighted by atomic mass is 9.72. The van der Waals surface area contributed by atoms with E-state index in [1.807, 2.05) is 0 Å². The molecule has 1 aliphatic heterocycles. The minimum absolute atomic E-state index is 0.246. The summed E-state index contributed by atoms with van der Waals surface area (Å²) in [4.78, 5) is 0. The number of ether oxygens (including phenoxy) is 1. The summed E-state index contributed by atoms with van der Waals surface area (Å²) in [5.41, 5.74) is 10.6. The van der Waals surface area contributed by atoms with Crippen molar-refractivity contribution in [3.63, 3.8) is 0 Å². The van der Waals surface area contributed by atoms with Gasteiger partial charge in [0.25, 0.3) is 0 Å². The van der Waals surface area contributed by atoms with E-state index in [0.717, 1.165) is 26.2 Å². The van der Waals surface area contributed by atoms with Gasteiger partial charge in [0.05, 0.1) is 13.2 Å². The molecule has 1 unspecified atom stereocenters. The molecule has 1 aromatic carbocycles. The first-order valence-electron chi connectivity index (χ1n) is 7.14. The first-order chi connectivity index (χ1) is 8.73. The average molecular weight is 245 g/mol. The second kappa shape index (κ2) is 4.67. The molecule has 2 aliphatic rings. The van der Waals surface area contributed by atoms with Crippen LogP contribution < -0.4 is 5.73 Å². The molecule has 98 valence electrons. The fourth-order valence-corrected chi connectivity index (χ4v) is 3.40. The third-order valence-corrected chi connectivity index (χ3v) is 4.61. The predicted octanol–water partition coefficient (Wildman–Crippen LogP) is 2.43. The molecular formula is C16H23NO. The molecule has 1 aliphatic carbocycles. The first kappa shape index (κ1) is 12.2. The van der Waals surface area contributed by atoms with Crippen molar-refractivity contribution in [1.29, 1.82) is 0 Å². The summed E-state index contributed by atoms with van der Waals surface area (Å²) in [6.07, 6.45) is 4.99. The third kappa shape index (κ3) is 1.98. The zero-order valence-electron chi connectivity index (χ0n) is 11.2. The topological polar surface area (TPSA) is 35.2 Å². The van der Waals surface area contributed by atoms with Crippen LogP contribution in [0.1, 0.15) is 36.5 Å². The van der Waals surface area contributed by atoms with Crippen LogP contribution in [0, 0.1) is 5.92 Å². The molecule has 0 saturated carbocycles. The maximum atomic E-state index is 5.79. The van der Waals surface area contributed by atoms with Gasteiger partial charge in [-0.2, -0.15) is 0 Å². The van der Waals surface area contributed by atoms with Gasteiger partial charge >= 0.3 is 0 Å². The van der Waals surface area contributed by atoms with E-state index >= 15 is 0 Å². The Morgan fingerprint density at radius 1 is 1.28 bits per heavy atom. The number of nitrogens with two attached hydrogens (primary N) is 1. The molecule has 0 spiro atoms. The molecule has 2 heteroatoms. The van der Waals surface area contributed by atoms with Gasteiger partial charge in [0, 0.05) is 5.41 Å². The van der Waals surface area contributed by atoms with Gasteiger partial charge in [0.15, 0.2) is 0 Å². The molecule has 1 heterocycles. The maximum absolute atomic E-state index is 5.79. The summed E-state index contributed by atoms with van der Waals surface area (Å²) < 4.78 is 5.52. The molecule has 0 amide bonds. The van der Waals surface area contributed by atoms with Crippen molar-refractivity contribution in [3.8, 4) is 0 Å². The highest BCUT2D eigenvalue weighted by Gasteiger charge is 2.41. The lowest BCUT2D eigenvalue weighted by molar-refractivity contribution is -0.0702. The molecule has 2 nitrogen and oxygen atoms in total. The molecule has 1 fully saturated rings. The maximum Gasteiger partial charge on any atom is 0.0585 e. The van der Waals surface area contributed by atoms with Crippen LogP contribution in [0.4, 0.5) is 0 Å². The Morgan fingerprint density at radius 2 is 2.06 bits per heavy atom. The third-order valence-electron chi connectivity index (χ3n) is 4.61. The van der Waals surface area contributed by atoms with Crippen molar-refractivity contribution in [2.75, 3.05) is 19.8 Å². The summed E-state index contributed by atoms with van der Waals surface area (Å²) in [7, 11) is 0. The molecule has 1 atom stereocenters. The van der Waals surface area contributed by atoms with E-state index in [4.69, 9.17) is 10.5 Å². The number of aryl methyl sites for hydroxylation is 2. The highest BCUT2D eigenvalue weighted by atomic mass is 16.5. The number of hydrogen-bond donors (Lipinski definition) is 1. The van der Waals surface area contributed by atoms with E-state index in [9.17, 15) is 0 Å². The summed E-state index contributed by atoms with van der Waals surface area (Å²) in [5.74, 6) is 0.571. The Labute approximate surface area is 110 Å². The van der Waals surface area contributed by atoms with E-state index in [-0.39, 0.29) is 5.41 Å². The van der Waals surface area contributed by atoms with Crippen molar-refractivity contribution < 1.29 is 4.74 Å². The van der Waals surface area contributed by atoms with Crippen LogP contribution in [-0.2, 0) is 23.0 Å². The Hall–Kier alpha value is -0.860. The SMILES string of the molecule is CC(CN)CC1(c2ccc3c(c2)CCC3)COC1. The largest absolute Gasteiger partial charge is 0.379 e. The quantitative estimate of drug-likeness (QED) is 0.884. The molecule has 3 rings (SSSR count). The van der Waals surface area contributed by atoms with E-state index in [1.165, 1.54) is 24.8 Å². The van der Waals surface area contributed by atoms with Gasteiger partial charge < -0.3 is 10.5 Å². The first-order valence-corrected chi connectivity index (χ1v) is 7.14. The van der Waals surface area contributed by atoms with Crippen LogP contribution in [0.25, 0.3) is 0 Å². The monoisotopic (exact) mass is 245 g/mol. The fraction of sp³-hybridized carbons (Fsp3) is 0.625. The van der Waals surface area contributed by atoms with E-state index in [0.29, 0.717) is 5.92 Å². The average Bonchev–Trinajstić information content (AvgIpc) is 2.80. The van der Waals surface area contributed by atoms with E-state index < -0.39 is 0 Å². The summed E-state index contributed by atoms with van der Waals surface area (Å²) in [6, 6.07) is 7.11. The van der Waals surface area contributed by atoms with Gasteiger partial charge in [-0.3, -0.25) is 0 Å². The lowest BCUT2D eigenvalue weighted by Gasteiger charge is -2.44. The molecule has 1 saturated heterocycles. The van der Waals surface area contributed by atoms with Crippen LogP contribution in [0.3, 0.4) is 0 Å². The second-order valence-corrected chi connectivity index (χ2v) is 6.16. The van der Waals surface area contributed by atoms with Gasteiger partial charge in [-0.15, -0.1) is 0 Å². The zero-order chi connectivity index (χ0) is 12.6. The summed E-state index contributed by atoms with van der Waals surface area (Å²) >= 11 is 0. The number of hydrogen-bond acceptors (Lipinski definition) is 2. The van der Waals surface area contributed by atoms with Gasteiger partial charge in [-0.25, -0.2) is 0 Å². The van der Waals surface area contributed by atoms with Crippen LogP contribution >= 0.6 is 0 Å². The van der Waals surface area contributed by atoms with Crippen LogP contribution in [-0.4, -0.2) is 19.8 Å². The van der Waals surface area contributed by atoms with Crippen molar-refractivity contribution in [1.82, 2.24) is 0 Å². The standard InChI is InChI=1S/C16H23NO/c1-12(9-17)8-16(10-18-11-16)15-6-5-13-3-2-4-14(13)7-15/h5-7,12H,2-4,8-11,17H2,1H3. The van der Waals surface area contributed by atoms with Gasteiger partial charge in [-0.05, 0) is 54.8 Å². The molecule has 18 heavy (non-hydrogen) atoms. The number of fused-ring (bicyclic) bond motifs is 1. The second-order valence-electron chi connectivity index (χ2n) is 6.16. The van der Waals surface area contributed by atoms with E-state index in [1.54, 1.807) is 11.1 Å². The highest BCUT2D eigenvalue weighted by molar-refractivity contribution is 5.39. The number of rotatable bonds is 4.